The summed E-state index contributed by atoms with van der Waals surface area (Å²) in [5.41, 5.74) is 0.849. The summed E-state index contributed by atoms with van der Waals surface area (Å²) in [7, 11) is 0. The molecule has 0 N–H and O–H groups in total. The van der Waals surface area contributed by atoms with E-state index < -0.39 is 0 Å². The molecule has 3 rings (SSSR count). The van der Waals surface area contributed by atoms with Gasteiger partial charge >= 0.3 is 0 Å². The van der Waals surface area contributed by atoms with Gasteiger partial charge in [0.1, 0.15) is 4.88 Å². The fourth-order valence-electron chi connectivity index (χ4n) is 2.78. The lowest BCUT2D eigenvalue weighted by atomic mass is 10.2. The molecule has 6 heteroatoms. The Kier molecular flexibility index (Phi) is 3.56. The van der Waals surface area contributed by atoms with Gasteiger partial charge < -0.3 is 4.90 Å². The van der Waals surface area contributed by atoms with Gasteiger partial charge in [0.05, 0.1) is 23.3 Å². The Morgan fingerprint density at radius 3 is 3.00 bits per heavy atom. The Labute approximate surface area is 122 Å². The van der Waals surface area contributed by atoms with Crippen molar-refractivity contribution in [3.8, 4) is 0 Å². The van der Waals surface area contributed by atoms with Crippen molar-refractivity contribution in [2.75, 3.05) is 6.54 Å². The summed E-state index contributed by atoms with van der Waals surface area (Å²) in [5.74, 6) is 0.128. The Bertz CT molecular complexity index is 605. The van der Waals surface area contributed by atoms with Gasteiger partial charge in [0, 0.05) is 18.9 Å². The van der Waals surface area contributed by atoms with E-state index in [1.165, 1.54) is 11.3 Å². The molecule has 0 saturated carbocycles. The fraction of sp³-hybridized carbons (Fsp3) is 0.500. The molecular formula is C14H18N4OS. The highest BCUT2D eigenvalue weighted by atomic mass is 32.1. The molecule has 0 unspecified atom stereocenters. The van der Waals surface area contributed by atoms with Crippen molar-refractivity contribution < 1.29 is 4.79 Å². The van der Waals surface area contributed by atoms with Crippen LogP contribution in [0, 0.1) is 13.8 Å². The molecule has 1 aliphatic heterocycles. The fourth-order valence-corrected chi connectivity index (χ4v) is 3.65. The number of thiazole rings is 1. The minimum Gasteiger partial charge on any atom is -0.333 e. The third-order valence-corrected chi connectivity index (χ3v) is 4.75. The quantitative estimate of drug-likeness (QED) is 0.871. The highest BCUT2D eigenvalue weighted by Crippen LogP contribution is 2.25. The summed E-state index contributed by atoms with van der Waals surface area (Å²) < 4.78 is 1.90. The first-order chi connectivity index (χ1) is 9.65. The molecule has 1 fully saturated rings. The number of likely N-dealkylation sites (tertiary alicyclic amines) is 1. The first kappa shape index (κ1) is 13.3. The Hall–Kier alpha value is -1.69. The van der Waals surface area contributed by atoms with Gasteiger partial charge in [-0.2, -0.15) is 5.10 Å². The number of amides is 1. The van der Waals surface area contributed by atoms with Crippen LogP contribution in [0.2, 0.25) is 0 Å². The number of nitrogens with zero attached hydrogens (tertiary/aromatic N) is 4. The molecule has 5 nitrogen and oxygen atoms in total. The lowest BCUT2D eigenvalue weighted by Gasteiger charge is -2.24. The SMILES string of the molecule is Cc1nc(C)c(C(=O)N2CCC[C@H]2Cn2cccn2)s1. The predicted molar refractivity (Wildman–Crippen MR) is 77.9 cm³/mol. The van der Waals surface area contributed by atoms with Crippen LogP contribution < -0.4 is 0 Å². The molecule has 1 amide bonds. The van der Waals surface area contributed by atoms with Crippen molar-refractivity contribution in [3.05, 3.63) is 34.0 Å². The lowest BCUT2D eigenvalue weighted by Crippen LogP contribution is -2.38. The van der Waals surface area contributed by atoms with E-state index in [0.717, 1.165) is 41.5 Å². The maximum Gasteiger partial charge on any atom is 0.266 e. The zero-order valence-electron chi connectivity index (χ0n) is 11.7. The van der Waals surface area contributed by atoms with Crippen molar-refractivity contribution in [3.63, 3.8) is 0 Å². The van der Waals surface area contributed by atoms with E-state index >= 15 is 0 Å². The van der Waals surface area contributed by atoms with E-state index in [1.807, 2.05) is 35.7 Å². The molecule has 2 aromatic heterocycles. The highest BCUT2D eigenvalue weighted by Gasteiger charge is 2.31. The van der Waals surface area contributed by atoms with Crippen LogP contribution >= 0.6 is 11.3 Å². The number of hydrogen-bond donors (Lipinski definition) is 0. The van der Waals surface area contributed by atoms with E-state index in [1.54, 1.807) is 6.20 Å². The van der Waals surface area contributed by atoms with Gasteiger partial charge in [0.15, 0.2) is 0 Å². The molecule has 2 aromatic rings. The first-order valence-electron chi connectivity index (χ1n) is 6.87. The summed E-state index contributed by atoms with van der Waals surface area (Å²) in [4.78, 5) is 19.8. The summed E-state index contributed by atoms with van der Waals surface area (Å²) in [6, 6.07) is 2.15. The molecule has 3 heterocycles. The first-order valence-corrected chi connectivity index (χ1v) is 7.69. The summed E-state index contributed by atoms with van der Waals surface area (Å²) in [6.45, 7) is 5.46. The van der Waals surface area contributed by atoms with Crippen molar-refractivity contribution in [1.82, 2.24) is 19.7 Å². The number of carbonyl (C=O) groups excluding carboxylic acids is 1. The molecule has 1 saturated heterocycles. The number of aryl methyl sites for hydroxylation is 2. The second-order valence-electron chi connectivity index (χ2n) is 5.17. The van der Waals surface area contributed by atoms with Crippen molar-refractivity contribution in [1.29, 1.82) is 0 Å². The molecule has 1 aliphatic rings. The summed E-state index contributed by atoms with van der Waals surface area (Å²) >= 11 is 1.49. The number of rotatable bonds is 3. The highest BCUT2D eigenvalue weighted by molar-refractivity contribution is 7.13. The summed E-state index contributed by atoms with van der Waals surface area (Å²) in [6.07, 6.45) is 5.83. The largest absolute Gasteiger partial charge is 0.333 e. The maximum atomic E-state index is 12.7. The van der Waals surface area contributed by atoms with E-state index in [0.29, 0.717) is 0 Å². The molecular weight excluding hydrogens is 272 g/mol. The van der Waals surface area contributed by atoms with Crippen LogP contribution in [0.3, 0.4) is 0 Å². The Morgan fingerprint density at radius 2 is 2.35 bits per heavy atom. The number of aromatic nitrogens is 3. The standard InChI is InChI=1S/C14H18N4OS/c1-10-13(20-11(2)16-10)14(19)18-8-3-5-12(18)9-17-7-4-6-15-17/h4,6-7,12H,3,5,8-9H2,1-2H3/t12-/m0/s1. The normalized spacial score (nSPS) is 18.7. The molecule has 0 spiro atoms. The third kappa shape index (κ3) is 2.47. The van der Waals surface area contributed by atoms with Crippen LogP contribution in [0.25, 0.3) is 0 Å². The zero-order valence-corrected chi connectivity index (χ0v) is 12.6. The molecule has 20 heavy (non-hydrogen) atoms. The van der Waals surface area contributed by atoms with Gasteiger partial charge in [-0.3, -0.25) is 9.48 Å². The molecule has 0 radical (unpaired) electrons. The monoisotopic (exact) mass is 290 g/mol. The topological polar surface area (TPSA) is 51.0 Å². The van der Waals surface area contributed by atoms with Crippen LogP contribution in [-0.4, -0.2) is 38.2 Å². The van der Waals surface area contributed by atoms with E-state index in [2.05, 4.69) is 10.1 Å². The number of hydrogen-bond acceptors (Lipinski definition) is 4. The van der Waals surface area contributed by atoms with Gasteiger partial charge in [-0.25, -0.2) is 4.98 Å². The molecule has 1 atom stereocenters. The number of carbonyl (C=O) groups is 1. The smallest absolute Gasteiger partial charge is 0.266 e. The average Bonchev–Trinajstić information content (AvgIpc) is 3.11. The minimum absolute atomic E-state index is 0.128. The van der Waals surface area contributed by atoms with E-state index in [9.17, 15) is 4.79 Å². The second-order valence-corrected chi connectivity index (χ2v) is 6.37. The van der Waals surface area contributed by atoms with Crippen LogP contribution in [-0.2, 0) is 6.54 Å². The van der Waals surface area contributed by atoms with Crippen LogP contribution in [0.4, 0.5) is 0 Å². The zero-order chi connectivity index (χ0) is 14.1. The van der Waals surface area contributed by atoms with Gasteiger partial charge in [0.25, 0.3) is 5.91 Å². The van der Waals surface area contributed by atoms with E-state index in [-0.39, 0.29) is 11.9 Å². The molecule has 0 bridgehead atoms. The lowest BCUT2D eigenvalue weighted by molar-refractivity contribution is 0.0725. The average molecular weight is 290 g/mol. The molecule has 106 valence electrons. The van der Waals surface area contributed by atoms with Gasteiger partial charge in [-0.05, 0) is 32.8 Å². The minimum atomic E-state index is 0.128. The third-order valence-electron chi connectivity index (χ3n) is 3.69. The van der Waals surface area contributed by atoms with Crippen molar-refractivity contribution in [2.24, 2.45) is 0 Å². The van der Waals surface area contributed by atoms with Gasteiger partial charge in [-0.15, -0.1) is 11.3 Å². The molecule has 0 aliphatic carbocycles. The predicted octanol–water partition coefficient (Wildman–Crippen LogP) is 2.26. The van der Waals surface area contributed by atoms with E-state index in [4.69, 9.17) is 0 Å². The molecule has 0 aromatic carbocycles. The van der Waals surface area contributed by atoms with Crippen LogP contribution in [0.5, 0.6) is 0 Å². The second kappa shape index (κ2) is 5.36. The van der Waals surface area contributed by atoms with Crippen LogP contribution in [0.1, 0.15) is 33.2 Å². The van der Waals surface area contributed by atoms with Gasteiger partial charge in [-0.1, -0.05) is 0 Å². The van der Waals surface area contributed by atoms with Crippen molar-refractivity contribution in [2.45, 2.75) is 39.3 Å². The Morgan fingerprint density at radius 1 is 1.50 bits per heavy atom. The van der Waals surface area contributed by atoms with Gasteiger partial charge in [0.2, 0.25) is 0 Å². The van der Waals surface area contributed by atoms with Crippen molar-refractivity contribution >= 4 is 17.2 Å². The van der Waals surface area contributed by atoms with Crippen LogP contribution in [0.15, 0.2) is 18.5 Å². The Balaban J connectivity index is 1.78. The summed E-state index contributed by atoms with van der Waals surface area (Å²) in [5, 5.41) is 5.19. The maximum absolute atomic E-state index is 12.7.